The van der Waals surface area contributed by atoms with Gasteiger partial charge in [-0.2, -0.15) is 0 Å². The quantitative estimate of drug-likeness (QED) is 0.0427. The Morgan fingerprint density at radius 1 is 0.649 bits per heavy atom. The molecule has 404 valence electrons. The van der Waals surface area contributed by atoms with Gasteiger partial charge in [-0.3, -0.25) is 38.9 Å². The van der Waals surface area contributed by atoms with Crippen LogP contribution >= 0.6 is 0 Å². The van der Waals surface area contributed by atoms with E-state index in [0.29, 0.717) is 156 Å². The maximum Gasteiger partial charge on any atom is 0.257 e. The third-order valence-electron chi connectivity index (χ3n) is 13.5. The number of aliphatic imine (C=N–C) groups is 2. The second kappa shape index (κ2) is 25.2. The van der Waals surface area contributed by atoms with Gasteiger partial charge < -0.3 is 48.3 Å². The molecule has 9 rings (SSSR count). The smallest absolute Gasteiger partial charge is 0.257 e. The lowest BCUT2D eigenvalue weighted by Crippen LogP contribution is -2.35. The van der Waals surface area contributed by atoms with Crippen molar-refractivity contribution in [2.24, 2.45) is 9.98 Å². The van der Waals surface area contributed by atoms with Crippen molar-refractivity contribution in [2.45, 2.75) is 70.4 Å². The lowest BCUT2D eigenvalue weighted by molar-refractivity contribution is -0.137. The zero-order valence-corrected chi connectivity index (χ0v) is 43.4. The van der Waals surface area contributed by atoms with E-state index in [1.807, 2.05) is 24.4 Å². The van der Waals surface area contributed by atoms with Gasteiger partial charge in [0.15, 0.2) is 23.0 Å². The standard InChI is InChI=1S/C56H63N9O12/c1-36-20-41-29-58-45-27-50(48(71-3)25-43(45)55(69)64(41)31-36)76-34-38-22-39(35-77-51-28-46-44(26-49(51)72-4)56(70)65-32-37(2)21-42(65)30-59-46)24-40(23-38)47-33-62(61-60-47)13-15-74-17-19-75-18-16-73-14-11-57-52(66)8-6-5-7-12-63-53(67)9-10-54(63)68/h9-10,22-30,33,41-42H,1-2,5-8,11-21,31-32,34-35H2,3-4H3,(H,57,66)/t41-,42-/m0/s1. The van der Waals surface area contributed by atoms with Crippen molar-refractivity contribution in [2.75, 3.05) is 80.0 Å². The van der Waals surface area contributed by atoms with Gasteiger partial charge >= 0.3 is 0 Å². The van der Waals surface area contributed by atoms with Crippen LogP contribution in [-0.2, 0) is 48.4 Å². The number of carbonyl (C=O) groups excluding carboxylic acids is 5. The number of amides is 5. The van der Waals surface area contributed by atoms with E-state index < -0.39 is 0 Å². The van der Waals surface area contributed by atoms with Gasteiger partial charge in [0.1, 0.15) is 18.9 Å². The number of unbranched alkanes of at least 4 members (excludes halogenated alkanes) is 2. The van der Waals surface area contributed by atoms with E-state index in [0.717, 1.165) is 34.3 Å². The van der Waals surface area contributed by atoms with Gasteiger partial charge in [-0.05, 0) is 67.1 Å². The van der Waals surface area contributed by atoms with Crippen molar-refractivity contribution in [1.29, 1.82) is 0 Å². The van der Waals surface area contributed by atoms with Crippen molar-refractivity contribution in [3.63, 3.8) is 0 Å². The molecule has 77 heavy (non-hydrogen) atoms. The molecule has 1 aromatic heterocycles. The number of imide groups is 1. The summed E-state index contributed by atoms with van der Waals surface area (Å²) in [6, 6.07) is 12.4. The number of ether oxygens (including phenoxy) is 7. The number of benzene rings is 3. The van der Waals surface area contributed by atoms with Gasteiger partial charge in [0.25, 0.3) is 23.6 Å². The highest BCUT2D eigenvalue weighted by molar-refractivity contribution is 6.13. The van der Waals surface area contributed by atoms with Crippen LogP contribution in [0.1, 0.15) is 70.4 Å². The molecule has 5 aliphatic heterocycles. The maximum absolute atomic E-state index is 13.6. The van der Waals surface area contributed by atoms with E-state index in [-0.39, 0.29) is 54.8 Å². The monoisotopic (exact) mass is 1050 g/mol. The summed E-state index contributed by atoms with van der Waals surface area (Å²) in [5.74, 6) is 0.678. The first-order valence-electron chi connectivity index (χ1n) is 25.7. The molecular formula is C56H63N9O12. The molecule has 3 aromatic carbocycles. The molecule has 2 atom stereocenters. The summed E-state index contributed by atoms with van der Waals surface area (Å²) < 4.78 is 43.1. The van der Waals surface area contributed by atoms with Crippen LogP contribution in [-0.4, -0.2) is 164 Å². The minimum absolute atomic E-state index is 0.0707. The Morgan fingerprint density at radius 2 is 1.19 bits per heavy atom. The fourth-order valence-corrected chi connectivity index (χ4v) is 9.58. The van der Waals surface area contributed by atoms with E-state index >= 15 is 0 Å². The molecule has 0 spiro atoms. The molecule has 0 aliphatic carbocycles. The van der Waals surface area contributed by atoms with Crippen LogP contribution in [0.15, 0.2) is 95.1 Å². The lowest BCUT2D eigenvalue weighted by Gasteiger charge is -2.20. The predicted molar refractivity (Wildman–Crippen MR) is 283 cm³/mol. The van der Waals surface area contributed by atoms with Crippen LogP contribution in [0.2, 0.25) is 0 Å². The SMILES string of the molecule is C=C1C[C@H]2C=Nc3cc(OCc4cc(COc5cc6c(cc5OC)C(=O)N5CC(=C)C[C@H]5C=N6)cc(-c5cn(CCOCCOCCOCCNC(=O)CCCCCN6C(=O)C=CC6=O)nn5)c4)c(OC)cc3C(=O)N2C1. The zero-order valence-electron chi connectivity index (χ0n) is 43.4. The number of carbonyl (C=O) groups is 5. The Hall–Kier alpha value is -8.01. The lowest BCUT2D eigenvalue weighted by atomic mass is 10.0. The Labute approximate surface area is 446 Å². The topological polar surface area (TPSA) is 227 Å². The van der Waals surface area contributed by atoms with Crippen LogP contribution in [0.25, 0.3) is 11.3 Å². The Morgan fingerprint density at radius 3 is 1.75 bits per heavy atom. The summed E-state index contributed by atoms with van der Waals surface area (Å²) >= 11 is 0. The molecule has 6 heterocycles. The molecule has 5 amide bonds. The van der Waals surface area contributed by atoms with E-state index in [9.17, 15) is 24.0 Å². The number of aromatic nitrogens is 3. The molecule has 2 fully saturated rings. The summed E-state index contributed by atoms with van der Waals surface area (Å²) in [6.45, 7) is 12.7. The van der Waals surface area contributed by atoms with E-state index in [4.69, 9.17) is 43.1 Å². The average Bonchev–Trinajstić information content (AvgIpc) is 4.22. The maximum atomic E-state index is 13.6. The first-order chi connectivity index (χ1) is 37.4. The first-order valence-corrected chi connectivity index (χ1v) is 25.7. The molecular weight excluding hydrogens is 991 g/mol. The van der Waals surface area contributed by atoms with E-state index in [2.05, 4.69) is 28.8 Å². The third-order valence-corrected chi connectivity index (χ3v) is 13.5. The largest absolute Gasteiger partial charge is 0.493 e. The molecule has 1 N–H and O–H groups in total. The normalized spacial score (nSPS) is 17.4. The summed E-state index contributed by atoms with van der Waals surface area (Å²) in [6.07, 6.45) is 11.7. The highest BCUT2D eigenvalue weighted by Crippen LogP contribution is 2.41. The number of hydrogen-bond acceptors (Lipinski definition) is 16. The van der Waals surface area contributed by atoms with Crippen molar-refractivity contribution >= 4 is 53.3 Å². The Bertz CT molecular complexity index is 2850. The molecule has 2 saturated heterocycles. The number of fused-ring (bicyclic) bond motifs is 4. The summed E-state index contributed by atoms with van der Waals surface area (Å²) in [5, 5.41) is 11.7. The molecule has 21 heteroatoms. The minimum Gasteiger partial charge on any atom is -0.493 e. The molecule has 0 radical (unpaired) electrons. The van der Waals surface area contributed by atoms with Gasteiger partial charge in [0.05, 0.1) is 101 Å². The van der Waals surface area contributed by atoms with Crippen LogP contribution in [0.5, 0.6) is 23.0 Å². The Balaban J connectivity index is 0.773. The summed E-state index contributed by atoms with van der Waals surface area (Å²) in [7, 11) is 3.06. The van der Waals surface area contributed by atoms with Gasteiger partial charge in [0.2, 0.25) is 5.91 Å². The first kappa shape index (κ1) is 53.8. The molecule has 5 aliphatic rings. The second-order valence-electron chi connectivity index (χ2n) is 19.1. The number of nitrogens with one attached hydrogen (secondary N) is 1. The number of hydrogen-bond donors (Lipinski definition) is 1. The fraction of sp³-hybridized carbons (Fsp3) is 0.411. The van der Waals surface area contributed by atoms with Crippen LogP contribution < -0.4 is 24.3 Å². The van der Waals surface area contributed by atoms with Crippen LogP contribution in [0, 0.1) is 0 Å². The number of rotatable bonds is 27. The summed E-state index contributed by atoms with van der Waals surface area (Å²) in [4.78, 5) is 76.8. The average molecular weight is 1050 g/mol. The van der Waals surface area contributed by atoms with Crippen molar-refractivity contribution in [3.8, 4) is 34.3 Å². The molecule has 21 nitrogen and oxygen atoms in total. The van der Waals surface area contributed by atoms with Gasteiger partial charge in [-0.25, -0.2) is 4.68 Å². The van der Waals surface area contributed by atoms with Gasteiger partial charge in [-0.1, -0.05) is 35.9 Å². The van der Waals surface area contributed by atoms with Crippen LogP contribution in [0.3, 0.4) is 0 Å². The molecule has 0 bridgehead atoms. The van der Waals surface area contributed by atoms with Gasteiger partial charge in [-0.15, -0.1) is 5.10 Å². The highest BCUT2D eigenvalue weighted by Gasteiger charge is 2.36. The van der Waals surface area contributed by atoms with E-state index in [1.54, 1.807) is 51.2 Å². The van der Waals surface area contributed by atoms with Crippen LogP contribution in [0.4, 0.5) is 11.4 Å². The third kappa shape index (κ3) is 13.3. The second-order valence-corrected chi connectivity index (χ2v) is 19.1. The summed E-state index contributed by atoms with van der Waals surface area (Å²) in [5.41, 5.74) is 6.72. The van der Waals surface area contributed by atoms with Gasteiger partial charge in [0, 0.05) is 74.9 Å². The zero-order chi connectivity index (χ0) is 53.8. The Kier molecular flexibility index (Phi) is 17.6. The van der Waals surface area contributed by atoms with E-state index in [1.165, 1.54) is 31.3 Å². The predicted octanol–water partition coefficient (Wildman–Crippen LogP) is 5.74. The fourth-order valence-electron chi connectivity index (χ4n) is 9.58. The molecule has 0 unspecified atom stereocenters. The minimum atomic E-state index is -0.288. The number of nitrogens with zero attached hydrogens (tertiary/aromatic N) is 8. The molecule has 4 aromatic rings. The van der Waals surface area contributed by atoms with Crippen molar-refractivity contribution < 1.29 is 57.1 Å². The highest BCUT2D eigenvalue weighted by atomic mass is 16.5. The molecule has 0 saturated carbocycles. The number of methoxy groups -OCH3 is 2. The van der Waals surface area contributed by atoms with Crippen molar-refractivity contribution in [1.82, 2.24) is 35.0 Å². The van der Waals surface area contributed by atoms with Crippen molar-refractivity contribution in [3.05, 3.63) is 107 Å².